The Morgan fingerprint density at radius 2 is 0.944 bits per heavy atom. The van der Waals surface area contributed by atoms with Gasteiger partial charge in [0.05, 0.1) is 0 Å². The minimum absolute atomic E-state index is 0.752. The van der Waals surface area contributed by atoms with Gasteiger partial charge in [0, 0.05) is 24.5 Å². The van der Waals surface area contributed by atoms with Gasteiger partial charge in [-0.1, -0.05) is 38.5 Å². The van der Waals surface area contributed by atoms with E-state index >= 15 is 0 Å². The summed E-state index contributed by atoms with van der Waals surface area (Å²) < 4.78 is 0. The molecular weight excluding hydrogens is 220 g/mol. The van der Waals surface area contributed by atoms with Crippen molar-refractivity contribution in [2.24, 2.45) is 0 Å². The normalized spacial score (nSPS) is 26.9. The third-order valence-corrected chi connectivity index (χ3v) is 4.75. The smallest absolute Gasteiger partial charge is 0.0499 e. The molecule has 2 nitrogen and oxygen atoms in total. The first kappa shape index (κ1) is 12.1. The van der Waals surface area contributed by atoms with Gasteiger partial charge >= 0.3 is 0 Å². The van der Waals surface area contributed by atoms with Crippen molar-refractivity contribution in [1.82, 2.24) is 10.0 Å². The van der Waals surface area contributed by atoms with Gasteiger partial charge in [-0.2, -0.15) is 0 Å². The zero-order valence-electron chi connectivity index (χ0n) is 11.4. The number of rotatable bonds is 2. The zero-order valence-corrected chi connectivity index (χ0v) is 11.4. The molecule has 0 atom stereocenters. The van der Waals surface area contributed by atoms with Gasteiger partial charge in [0.1, 0.15) is 0 Å². The Morgan fingerprint density at radius 1 is 0.556 bits per heavy atom. The van der Waals surface area contributed by atoms with Crippen LogP contribution in [-0.4, -0.2) is 22.1 Å². The summed E-state index contributed by atoms with van der Waals surface area (Å²) in [6.45, 7) is 0. The molecule has 0 bridgehead atoms. The Balaban J connectivity index is 1.69. The van der Waals surface area contributed by atoms with Crippen LogP contribution in [0.2, 0.25) is 0 Å². The predicted octanol–water partition coefficient (Wildman–Crippen LogP) is 4.21. The average Bonchev–Trinajstić information content (AvgIpc) is 2.49. The van der Waals surface area contributed by atoms with E-state index in [0.29, 0.717) is 0 Å². The number of hydrazine groups is 1. The molecule has 100 valence electrons. The Hall–Kier alpha value is -0.920. The molecule has 1 heterocycles. The third-order valence-electron chi connectivity index (χ3n) is 4.75. The Bertz CT molecular complexity index is 277. The number of nitrogens with zero attached hydrogens (tertiary/aromatic N) is 2. The lowest BCUT2D eigenvalue weighted by Gasteiger charge is -2.47. The molecule has 2 aliphatic carbocycles. The lowest BCUT2D eigenvalue weighted by Crippen LogP contribution is -2.49. The molecule has 0 aromatic heterocycles. The molecule has 0 unspecified atom stereocenters. The Labute approximate surface area is 111 Å². The van der Waals surface area contributed by atoms with E-state index in [2.05, 4.69) is 34.6 Å². The van der Waals surface area contributed by atoms with Gasteiger partial charge in [0.25, 0.3) is 0 Å². The van der Waals surface area contributed by atoms with E-state index in [-0.39, 0.29) is 0 Å². The number of allylic oxidation sites excluding steroid dienone is 2. The van der Waals surface area contributed by atoms with Gasteiger partial charge in [-0.25, -0.2) is 0 Å². The highest BCUT2D eigenvalue weighted by molar-refractivity contribution is 5.08. The second-order valence-electron chi connectivity index (χ2n) is 6.03. The molecule has 1 aliphatic heterocycles. The summed E-state index contributed by atoms with van der Waals surface area (Å²) in [7, 11) is 0. The summed E-state index contributed by atoms with van der Waals surface area (Å²) in [6, 6.07) is 1.50. The van der Waals surface area contributed by atoms with Gasteiger partial charge in [0.2, 0.25) is 0 Å². The van der Waals surface area contributed by atoms with Crippen molar-refractivity contribution in [2.45, 2.75) is 76.3 Å². The molecule has 0 aromatic rings. The van der Waals surface area contributed by atoms with Crippen molar-refractivity contribution in [3.05, 3.63) is 24.6 Å². The fourth-order valence-corrected chi connectivity index (χ4v) is 3.74. The second-order valence-corrected chi connectivity index (χ2v) is 6.03. The number of hydrogen-bond donors (Lipinski definition) is 0. The molecule has 0 N–H and O–H groups in total. The largest absolute Gasteiger partial charge is 0.290 e. The minimum atomic E-state index is 0.752. The van der Waals surface area contributed by atoms with Crippen LogP contribution in [0.25, 0.3) is 0 Å². The van der Waals surface area contributed by atoms with Gasteiger partial charge < -0.3 is 0 Å². The van der Waals surface area contributed by atoms with E-state index in [1.807, 2.05) is 0 Å². The fourth-order valence-electron chi connectivity index (χ4n) is 3.74. The van der Waals surface area contributed by atoms with Crippen molar-refractivity contribution in [1.29, 1.82) is 0 Å². The molecule has 0 amide bonds. The summed E-state index contributed by atoms with van der Waals surface area (Å²) in [5.41, 5.74) is 0. The van der Waals surface area contributed by atoms with Gasteiger partial charge in [-0.05, 0) is 37.8 Å². The van der Waals surface area contributed by atoms with Crippen LogP contribution in [0.1, 0.15) is 64.2 Å². The first-order chi connectivity index (χ1) is 8.95. The Kier molecular flexibility index (Phi) is 3.92. The fraction of sp³-hybridized carbons (Fsp3) is 0.750. The molecule has 18 heavy (non-hydrogen) atoms. The summed E-state index contributed by atoms with van der Waals surface area (Å²) >= 11 is 0. The maximum absolute atomic E-state index is 2.55. The van der Waals surface area contributed by atoms with Crippen LogP contribution in [0, 0.1) is 0 Å². The summed E-state index contributed by atoms with van der Waals surface area (Å²) in [4.78, 5) is 0. The van der Waals surface area contributed by atoms with Crippen LogP contribution in [0.4, 0.5) is 0 Å². The molecule has 2 heteroatoms. The van der Waals surface area contributed by atoms with E-state index in [1.165, 1.54) is 64.2 Å². The van der Waals surface area contributed by atoms with Crippen molar-refractivity contribution >= 4 is 0 Å². The van der Waals surface area contributed by atoms with Gasteiger partial charge in [0.15, 0.2) is 0 Å². The second kappa shape index (κ2) is 5.81. The van der Waals surface area contributed by atoms with E-state index in [9.17, 15) is 0 Å². The van der Waals surface area contributed by atoms with Crippen molar-refractivity contribution < 1.29 is 0 Å². The van der Waals surface area contributed by atoms with Crippen molar-refractivity contribution in [3.63, 3.8) is 0 Å². The summed E-state index contributed by atoms with van der Waals surface area (Å²) in [5.74, 6) is 0. The van der Waals surface area contributed by atoms with E-state index in [1.54, 1.807) is 0 Å². The van der Waals surface area contributed by atoms with Gasteiger partial charge in [-0.3, -0.25) is 10.0 Å². The van der Waals surface area contributed by atoms with Crippen LogP contribution < -0.4 is 0 Å². The van der Waals surface area contributed by atoms with Crippen LogP contribution in [0.5, 0.6) is 0 Å². The molecule has 0 aromatic carbocycles. The molecule has 3 rings (SSSR count). The maximum Gasteiger partial charge on any atom is 0.0499 e. The van der Waals surface area contributed by atoms with Crippen LogP contribution in [0.3, 0.4) is 0 Å². The highest BCUT2D eigenvalue weighted by atomic mass is 15.6. The quantitative estimate of drug-likeness (QED) is 0.720. The van der Waals surface area contributed by atoms with Gasteiger partial charge in [-0.15, -0.1) is 0 Å². The molecule has 0 spiro atoms. The highest BCUT2D eigenvalue weighted by Gasteiger charge is 2.28. The van der Waals surface area contributed by atoms with Crippen molar-refractivity contribution in [2.75, 3.05) is 0 Å². The maximum atomic E-state index is 2.55. The summed E-state index contributed by atoms with van der Waals surface area (Å²) in [5, 5.41) is 5.10. The molecular formula is C16H26N2. The lowest BCUT2D eigenvalue weighted by atomic mass is 9.93. The molecule has 2 fully saturated rings. The summed E-state index contributed by atoms with van der Waals surface area (Å²) in [6.07, 6.45) is 23.1. The van der Waals surface area contributed by atoms with Crippen LogP contribution in [-0.2, 0) is 0 Å². The van der Waals surface area contributed by atoms with E-state index in [0.717, 1.165) is 12.1 Å². The zero-order chi connectivity index (χ0) is 12.2. The highest BCUT2D eigenvalue weighted by Crippen LogP contribution is 2.30. The average molecular weight is 246 g/mol. The van der Waals surface area contributed by atoms with Crippen molar-refractivity contribution in [3.8, 4) is 0 Å². The third kappa shape index (κ3) is 2.57. The standard InChI is InChI=1S/C16H26N2/c1-3-9-15(10-4-1)17-13-7-8-14-18(17)16-11-5-2-6-12-16/h7-8,13-16H,1-6,9-12H2. The molecule has 0 radical (unpaired) electrons. The van der Waals surface area contributed by atoms with E-state index < -0.39 is 0 Å². The number of hydrogen-bond acceptors (Lipinski definition) is 2. The van der Waals surface area contributed by atoms with E-state index in [4.69, 9.17) is 0 Å². The SMILES string of the molecule is C1=CN(C2CCCCC2)N(C2CCCCC2)C=C1. The molecule has 2 saturated carbocycles. The molecule has 3 aliphatic rings. The van der Waals surface area contributed by atoms with Crippen LogP contribution in [0.15, 0.2) is 24.6 Å². The monoisotopic (exact) mass is 246 g/mol. The van der Waals surface area contributed by atoms with Crippen LogP contribution >= 0.6 is 0 Å². The predicted molar refractivity (Wildman–Crippen MR) is 75.7 cm³/mol. The topological polar surface area (TPSA) is 6.48 Å². The Morgan fingerprint density at radius 3 is 1.33 bits per heavy atom. The first-order valence-electron chi connectivity index (χ1n) is 7.87. The first-order valence-corrected chi connectivity index (χ1v) is 7.87. The molecule has 0 saturated heterocycles. The lowest BCUT2D eigenvalue weighted by molar-refractivity contribution is -0.0314. The minimum Gasteiger partial charge on any atom is -0.290 e.